The molecule has 22 heavy (non-hydrogen) atoms. The number of aromatic amines is 1. The molecule has 0 aliphatic carbocycles. The Bertz CT molecular complexity index is 778. The molecule has 7 nitrogen and oxygen atoms in total. The largest absolute Gasteiger partial charge is 0.357 e. The van der Waals surface area contributed by atoms with E-state index in [2.05, 4.69) is 20.2 Å². The highest BCUT2D eigenvalue weighted by atomic mass is 32.2. The van der Waals surface area contributed by atoms with Crippen molar-refractivity contribution in [2.75, 3.05) is 7.05 Å². The molecule has 0 bridgehead atoms. The Labute approximate surface area is 128 Å². The molecule has 1 aromatic heterocycles. The number of carbonyl (C=O) groups is 1. The average Bonchev–Trinajstić information content (AvgIpc) is 3.07. The van der Waals surface area contributed by atoms with Gasteiger partial charge in [0.2, 0.25) is 10.0 Å². The number of hydrogen-bond acceptors (Lipinski definition) is 4. The van der Waals surface area contributed by atoms with Crippen LogP contribution in [0.3, 0.4) is 0 Å². The first-order chi connectivity index (χ1) is 10.4. The lowest BCUT2D eigenvalue weighted by atomic mass is 10.1. The van der Waals surface area contributed by atoms with Gasteiger partial charge in [0.1, 0.15) is 5.69 Å². The van der Waals surface area contributed by atoms with E-state index < -0.39 is 10.0 Å². The molecule has 0 saturated carbocycles. The maximum absolute atomic E-state index is 11.7. The van der Waals surface area contributed by atoms with Crippen LogP contribution in [0.25, 0.3) is 0 Å². The van der Waals surface area contributed by atoms with Crippen LogP contribution in [-0.2, 0) is 10.0 Å². The highest BCUT2D eigenvalue weighted by molar-refractivity contribution is 7.89. The van der Waals surface area contributed by atoms with Gasteiger partial charge in [-0.1, -0.05) is 12.1 Å². The second kappa shape index (κ2) is 6.54. The first kappa shape index (κ1) is 15.9. The van der Waals surface area contributed by atoms with Crippen LogP contribution >= 0.6 is 0 Å². The molecule has 0 saturated heterocycles. The van der Waals surface area contributed by atoms with Gasteiger partial charge in [-0.2, -0.15) is 5.10 Å². The van der Waals surface area contributed by atoms with Gasteiger partial charge in [-0.3, -0.25) is 4.79 Å². The summed E-state index contributed by atoms with van der Waals surface area (Å²) in [6, 6.07) is 9.57. The van der Waals surface area contributed by atoms with Gasteiger partial charge < -0.3 is 4.98 Å². The SMILES string of the molecule is CNS(=O)(=O)c1ccc(/C(C)=N\NC(=O)c2ccc[nH]2)cc1. The maximum Gasteiger partial charge on any atom is 0.287 e. The van der Waals surface area contributed by atoms with Crippen LogP contribution < -0.4 is 10.1 Å². The molecule has 1 amide bonds. The van der Waals surface area contributed by atoms with Crippen LogP contribution in [0.1, 0.15) is 23.0 Å². The summed E-state index contributed by atoms with van der Waals surface area (Å²) in [7, 11) is -2.11. The third-order valence-corrected chi connectivity index (χ3v) is 4.45. The standard InChI is InChI=1S/C14H16N4O3S/c1-10(17-18-14(19)13-4-3-9-16-13)11-5-7-12(8-6-11)22(20,21)15-2/h3-9,15-16H,1-2H3,(H,18,19)/b17-10-. The third kappa shape index (κ3) is 3.60. The Morgan fingerprint density at radius 1 is 1.18 bits per heavy atom. The van der Waals surface area contributed by atoms with E-state index in [4.69, 9.17) is 0 Å². The lowest BCUT2D eigenvalue weighted by Crippen LogP contribution is -2.20. The number of H-pyrrole nitrogens is 1. The lowest BCUT2D eigenvalue weighted by molar-refractivity contribution is 0.0950. The van der Waals surface area contributed by atoms with E-state index >= 15 is 0 Å². The van der Waals surface area contributed by atoms with Crippen LogP contribution in [0, 0.1) is 0 Å². The predicted molar refractivity (Wildman–Crippen MR) is 83.2 cm³/mol. The Morgan fingerprint density at radius 2 is 1.86 bits per heavy atom. The van der Waals surface area contributed by atoms with Crippen molar-refractivity contribution in [3.05, 3.63) is 53.9 Å². The second-order valence-electron chi connectivity index (χ2n) is 4.45. The molecule has 1 heterocycles. The van der Waals surface area contributed by atoms with E-state index in [0.29, 0.717) is 17.0 Å². The highest BCUT2D eigenvalue weighted by Crippen LogP contribution is 2.10. The number of sulfonamides is 1. The minimum absolute atomic E-state index is 0.168. The average molecular weight is 320 g/mol. The van der Waals surface area contributed by atoms with Gasteiger partial charge in [0.15, 0.2) is 0 Å². The minimum atomic E-state index is -3.46. The summed E-state index contributed by atoms with van der Waals surface area (Å²) in [5, 5.41) is 3.99. The second-order valence-corrected chi connectivity index (χ2v) is 6.34. The number of rotatable bonds is 5. The van der Waals surface area contributed by atoms with Crippen molar-refractivity contribution < 1.29 is 13.2 Å². The number of aromatic nitrogens is 1. The molecule has 116 valence electrons. The summed E-state index contributed by atoms with van der Waals surface area (Å²) in [6.07, 6.45) is 1.65. The van der Waals surface area contributed by atoms with Gasteiger partial charge in [0.25, 0.3) is 5.91 Å². The molecule has 0 fully saturated rings. The zero-order valence-corrected chi connectivity index (χ0v) is 12.9. The summed E-state index contributed by atoms with van der Waals surface area (Å²) in [5.41, 5.74) is 4.11. The zero-order chi connectivity index (χ0) is 16.2. The highest BCUT2D eigenvalue weighted by Gasteiger charge is 2.11. The van der Waals surface area contributed by atoms with Gasteiger partial charge in [0.05, 0.1) is 10.6 Å². The molecule has 0 atom stereocenters. The monoisotopic (exact) mass is 320 g/mol. The number of nitrogens with one attached hydrogen (secondary N) is 3. The molecular formula is C14H16N4O3S. The van der Waals surface area contributed by atoms with Crippen LogP contribution in [0.15, 0.2) is 52.6 Å². The van der Waals surface area contributed by atoms with Crippen LogP contribution in [-0.4, -0.2) is 32.1 Å². The lowest BCUT2D eigenvalue weighted by Gasteiger charge is -2.05. The van der Waals surface area contributed by atoms with E-state index in [0.717, 1.165) is 0 Å². The van der Waals surface area contributed by atoms with Crippen LogP contribution in [0.5, 0.6) is 0 Å². The predicted octanol–water partition coefficient (Wildman–Crippen LogP) is 1.08. The molecule has 0 aliphatic rings. The Hall–Kier alpha value is -2.45. The van der Waals surface area contributed by atoms with Crippen LogP contribution in [0.2, 0.25) is 0 Å². The normalized spacial score (nSPS) is 12.2. The van der Waals surface area contributed by atoms with Gasteiger partial charge in [-0.25, -0.2) is 18.6 Å². The first-order valence-corrected chi connectivity index (χ1v) is 7.94. The van der Waals surface area contributed by atoms with Crippen molar-refractivity contribution in [2.45, 2.75) is 11.8 Å². The van der Waals surface area contributed by atoms with Crippen molar-refractivity contribution in [3.8, 4) is 0 Å². The Balaban J connectivity index is 2.11. The zero-order valence-electron chi connectivity index (χ0n) is 12.1. The summed E-state index contributed by atoms with van der Waals surface area (Å²) in [5.74, 6) is -0.348. The molecule has 1 aromatic carbocycles. The smallest absolute Gasteiger partial charge is 0.287 e. The topological polar surface area (TPSA) is 103 Å². The minimum Gasteiger partial charge on any atom is -0.357 e. The fraction of sp³-hybridized carbons (Fsp3) is 0.143. The number of nitrogens with zero attached hydrogens (tertiary/aromatic N) is 1. The fourth-order valence-electron chi connectivity index (χ4n) is 1.72. The van der Waals surface area contributed by atoms with Crippen LogP contribution in [0.4, 0.5) is 0 Å². The molecule has 0 aliphatic heterocycles. The third-order valence-electron chi connectivity index (χ3n) is 3.02. The summed E-state index contributed by atoms with van der Waals surface area (Å²) in [6.45, 7) is 1.72. The van der Waals surface area contributed by atoms with E-state index in [1.807, 2.05) is 0 Å². The van der Waals surface area contributed by atoms with E-state index in [1.165, 1.54) is 19.2 Å². The summed E-state index contributed by atoms with van der Waals surface area (Å²) >= 11 is 0. The van der Waals surface area contributed by atoms with Crippen molar-refractivity contribution in [1.82, 2.24) is 15.1 Å². The fourth-order valence-corrected chi connectivity index (χ4v) is 2.45. The first-order valence-electron chi connectivity index (χ1n) is 6.46. The Kier molecular flexibility index (Phi) is 4.74. The molecule has 8 heteroatoms. The molecule has 0 unspecified atom stereocenters. The number of hydrogen-bond donors (Lipinski definition) is 3. The van der Waals surface area contributed by atoms with Crippen molar-refractivity contribution in [3.63, 3.8) is 0 Å². The van der Waals surface area contributed by atoms with Gasteiger partial charge >= 0.3 is 0 Å². The number of amides is 1. The quantitative estimate of drug-likeness (QED) is 0.567. The Morgan fingerprint density at radius 3 is 2.41 bits per heavy atom. The molecule has 0 spiro atoms. The molecular weight excluding hydrogens is 304 g/mol. The van der Waals surface area contributed by atoms with Crippen molar-refractivity contribution >= 4 is 21.6 Å². The number of benzene rings is 1. The van der Waals surface area contributed by atoms with E-state index in [-0.39, 0.29) is 10.8 Å². The van der Waals surface area contributed by atoms with Gasteiger partial charge in [-0.15, -0.1) is 0 Å². The molecule has 3 N–H and O–H groups in total. The summed E-state index contributed by atoms with van der Waals surface area (Å²) in [4.78, 5) is 14.7. The van der Waals surface area contributed by atoms with Gasteiger partial charge in [0, 0.05) is 6.20 Å². The number of carbonyl (C=O) groups excluding carboxylic acids is 1. The van der Waals surface area contributed by atoms with E-state index in [9.17, 15) is 13.2 Å². The molecule has 2 rings (SSSR count). The molecule has 2 aromatic rings. The molecule has 0 radical (unpaired) electrons. The summed E-state index contributed by atoms with van der Waals surface area (Å²) < 4.78 is 25.5. The van der Waals surface area contributed by atoms with E-state index in [1.54, 1.807) is 37.4 Å². The maximum atomic E-state index is 11.7. The number of hydrazone groups is 1. The van der Waals surface area contributed by atoms with Gasteiger partial charge in [-0.05, 0) is 43.8 Å². The van der Waals surface area contributed by atoms with Crippen molar-refractivity contribution in [1.29, 1.82) is 0 Å². The van der Waals surface area contributed by atoms with Crippen molar-refractivity contribution in [2.24, 2.45) is 5.10 Å².